The third-order valence-corrected chi connectivity index (χ3v) is 4.00. The summed E-state index contributed by atoms with van der Waals surface area (Å²) in [5.74, 6) is -1.35. The Morgan fingerprint density at radius 3 is 2.67 bits per heavy atom. The van der Waals surface area contributed by atoms with E-state index in [1.165, 1.54) is 7.11 Å². The number of hydrogen-bond donors (Lipinski definition) is 2. The second kappa shape index (κ2) is 6.23. The zero-order valence-electron chi connectivity index (χ0n) is 12.9. The van der Waals surface area contributed by atoms with Crippen LogP contribution in [0.3, 0.4) is 0 Å². The van der Waals surface area contributed by atoms with Gasteiger partial charge >= 0.3 is 5.97 Å². The molecule has 2 amide bonds. The Bertz CT molecular complexity index is 715. The third-order valence-electron chi connectivity index (χ3n) is 4.00. The number of fused-ring (bicyclic) bond motifs is 1. The van der Waals surface area contributed by atoms with Gasteiger partial charge in [-0.05, 0) is 12.1 Å². The number of nitrogens with one attached hydrogen (secondary N) is 1. The molecule has 1 saturated heterocycles. The number of hydrogen-bond acceptors (Lipinski definition) is 5. The van der Waals surface area contributed by atoms with E-state index in [1.807, 2.05) is 6.07 Å². The molecule has 0 radical (unpaired) electrons. The third kappa shape index (κ3) is 2.66. The molecule has 0 saturated carbocycles. The number of methoxy groups -OCH3 is 1. The lowest BCUT2D eigenvalue weighted by Crippen LogP contribution is -2.69. The number of carboxylic acids is 1. The minimum Gasteiger partial charge on any atom is -0.499 e. The van der Waals surface area contributed by atoms with Crippen molar-refractivity contribution >= 4 is 17.8 Å². The average molecular weight is 332 g/mol. The molecule has 0 spiro atoms. The molecule has 8 nitrogen and oxygen atoms in total. The molecule has 2 N–H and O–H groups in total. The molecule has 1 aromatic carbocycles. The van der Waals surface area contributed by atoms with Crippen LogP contribution in [-0.4, -0.2) is 53.6 Å². The second-order valence-electron chi connectivity index (χ2n) is 5.41. The summed E-state index contributed by atoms with van der Waals surface area (Å²) in [7, 11) is 1.36. The highest BCUT2D eigenvalue weighted by Gasteiger charge is 2.56. The normalized spacial score (nSPS) is 21.9. The van der Waals surface area contributed by atoms with E-state index in [-0.39, 0.29) is 24.5 Å². The van der Waals surface area contributed by atoms with Gasteiger partial charge in [0.1, 0.15) is 17.6 Å². The van der Waals surface area contributed by atoms with Crippen LogP contribution in [0.5, 0.6) is 5.75 Å². The van der Waals surface area contributed by atoms with Crippen molar-refractivity contribution in [3.8, 4) is 5.75 Å². The molecule has 3 rings (SSSR count). The lowest BCUT2D eigenvalue weighted by molar-refractivity contribution is -0.153. The van der Waals surface area contributed by atoms with E-state index < -0.39 is 29.9 Å². The number of carbonyl (C=O) groups is 3. The summed E-state index contributed by atoms with van der Waals surface area (Å²) in [6.45, 7) is -0.225. The zero-order valence-corrected chi connectivity index (χ0v) is 12.9. The fraction of sp³-hybridized carbons (Fsp3) is 0.312. The topological polar surface area (TPSA) is 105 Å². The van der Waals surface area contributed by atoms with Crippen LogP contribution in [0.2, 0.25) is 0 Å². The van der Waals surface area contributed by atoms with Crippen molar-refractivity contribution in [3.05, 3.63) is 41.8 Å². The zero-order chi connectivity index (χ0) is 17.3. The number of nitrogens with zero attached hydrogens (tertiary/aromatic N) is 1. The summed E-state index contributed by atoms with van der Waals surface area (Å²) in [5, 5.41) is 11.8. The molecule has 2 aliphatic heterocycles. The van der Waals surface area contributed by atoms with E-state index >= 15 is 0 Å². The SMILES string of the molecule is COC1=C(C(=O)O)N2C(=O)C(NC(=O)COc3ccccc3)C2C1. The minimum atomic E-state index is -1.22. The first-order valence-corrected chi connectivity index (χ1v) is 7.33. The van der Waals surface area contributed by atoms with Crippen molar-refractivity contribution in [3.63, 3.8) is 0 Å². The summed E-state index contributed by atoms with van der Waals surface area (Å²) in [4.78, 5) is 36.5. The predicted octanol–water partition coefficient (Wildman–Crippen LogP) is 0.107. The van der Waals surface area contributed by atoms with Gasteiger partial charge in [0.15, 0.2) is 12.3 Å². The molecule has 2 aliphatic rings. The molecule has 1 aromatic rings. The first kappa shape index (κ1) is 15.9. The van der Waals surface area contributed by atoms with E-state index in [1.54, 1.807) is 24.3 Å². The van der Waals surface area contributed by atoms with Gasteiger partial charge in [0, 0.05) is 6.42 Å². The Morgan fingerprint density at radius 2 is 2.04 bits per heavy atom. The van der Waals surface area contributed by atoms with Gasteiger partial charge in [-0.3, -0.25) is 14.5 Å². The molecule has 8 heteroatoms. The Morgan fingerprint density at radius 1 is 1.33 bits per heavy atom. The van der Waals surface area contributed by atoms with Gasteiger partial charge in [0.2, 0.25) is 0 Å². The van der Waals surface area contributed by atoms with Gasteiger partial charge in [0.25, 0.3) is 11.8 Å². The minimum absolute atomic E-state index is 0.154. The van der Waals surface area contributed by atoms with Gasteiger partial charge in [-0.1, -0.05) is 18.2 Å². The lowest BCUT2D eigenvalue weighted by atomic mass is 9.95. The van der Waals surface area contributed by atoms with Crippen molar-refractivity contribution in [1.82, 2.24) is 10.2 Å². The number of carboxylic acid groups (broad SMARTS) is 1. The average Bonchev–Trinajstić information content (AvgIpc) is 2.94. The Labute approximate surface area is 137 Å². The summed E-state index contributed by atoms with van der Waals surface area (Å²) in [6, 6.07) is 7.63. The summed E-state index contributed by atoms with van der Waals surface area (Å²) in [6.07, 6.45) is 0.258. The fourth-order valence-corrected chi connectivity index (χ4v) is 2.89. The quantitative estimate of drug-likeness (QED) is 0.716. The van der Waals surface area contributed by atoms with E-state index in [9.17, 15) is 19.5 Å². The summed E-state index contributed by atoms with van der Waals surface area (Å²) in [5.41, 5.74) is -0.154. The van der Waals surface area contributed by atoms with Crippen LogP contribution in [0.15, 0.2) is 41.8 Å². The molecule has 2 unspecified atom stereocenters. The number of β-lactam (4-membered cyclic amide) rings is 1. The first-order valence-electron chi connectivity index (χ1n) is 7.33. The maximum atomic E-state index is 12.1. The van der Waals surface area contributed by atoms with E-state index in [4.69, 9.17) is 9.47 Å². The number of benzene rings is 1. The van der Waals surface area contributed by atoms with Crippen molar-refractivity contribution in [2.24, 2.45) is 0 Å². The number of ether oxygens (including phenoxy) is 2. The smallest absolute Gasteiger partial charge is 0.356 e. The van der Waals surface area contributed by atoms with Gasteiger partial charge in [0.05, 0.1) is 13.2 Å². The maximum Gasteiger partial charge on any atom is 0.356 e. The van der Waals surface area contributed by atoms with Crippen LogP contribution in [0.25, 0.3) is 0 Å². The van der Waals surface area contributed by atoms with Crippen LogP contribution in [0.1, 0.15) is 6.42 Å². The van der Waals surface area contributed by atoms with Gasteiger partial charge in [-0.2, -0.15) is 0 Å². The van der Waals surface area contributed by atoms with Crippen molar-refractivity contribution in [1.29, 1.82) is 0 Å². The fourth-order valence-electron chi connectivity index (χ4n) is 2.89. The molecule has 126 valence electrons. The summed E-state index contributed by atoms with van der Waals surface area (Å²) < 4.78 is 10.4. The molecule has 24 heavy (non-hydrogen) atoms. The summed E-state index contributed by atoms with van der Waals surface area (Å²) >= 11 is 0. The van der Waals surface area contributed by atoms with Crippen LogP contribution in [0.4, 0.5) is 0 Å². The molecular formula is C16H16N2O6. The van der Waals surface area contributed by atoms with E-state index in [0.717, 1.165) is 4.90 Å². The van der Waals surface area contributed by atoms with Crippen LogP contribution in [-0.2, 0) is 19.1 Å². The molecule has 1 fully saturated rings. The number of aliphatic carboxylic acids is 1. The largest absolute Gasteiger partial charge is 0.499 e. The highest BCUT2D eigenvalue weighted by Crippen LogP contribution is 2.38. The number of rotatable bonds is 6. The highest BCUT2D eigenvalue weighted by molar-refractivity contribution is 6.02. The monoisotopic (exact) mass is 332 g/mol. The Balaban J connectivity index is 1.58. The number of carbonyl (C=O) groups excluding carboxylic acids is 2. The first-order chi connectivity index (χ1) is 11.5. The molecule has 0 aromatic heterocycles. The van der Waals surface area contributed by atoms with Gasteiger partial charge in [-0.15, -0.1) is 0 Å². The van der Waals surface area contributed by atoms with Crippen molar-refractivity contribution < 1.29 is 29.0 Å². The molecule has 2 atom stereocenters. The Hall–Kier alpha value is -3.03. The van der Waals surface area contributed by atoms with Crippen molar-refractivity contribution in [2.75, 3.05) is 13.7 Å². The molecule has 2 heterocycles. The van der Waals surface area contributed by atoms with Gasteiger partial charge < -0.3 is 19.9 Å². The molecular weight excluding hydrogens is 316 g/mol. The number of amides is 2. The highest BCUT2D eigenvalue weighted by atomic mass is 16.5. The van der Waals surface area contributed by atoms with Gasteiger partial charge in [-0.25, -0.2) is 4.79 Å². The van der Waals surface area contributed by atoms with Crippen LogP contribution >= 0.6 is 0 Å². The number of para-hydroxylation sites is 1. The molecule has 0 bridgehead atoms. The van der Waals surface area contributed by atoms with Crippen LogP contribution < -0.4 is 10.1 Å². The second-order valence-corrected chi connectivity index (χ2v) is 5.41. The standard InChI is InChI=1S/C16H16N2O6/c1-23-11-7-10-13(15(20)18(10)14(11)16(21)22)17-12(19)8-24-9-5-3-2-4-6-9/h2-6,10,13H,7-8H2,1H3,(H,17,19)(H,21,22). The predicted molar refractivity (Wildman–Crippen MR) is 80.8 cm³/mol. The van der Waals surface area contributed by atoms with Crippen LogP contribution in [0, 0.1) is 0 Å². The van der Waals surface area contributed by atoms with Crippen molar-refractivity contribution in [2.45, 2.75) is 18.5 Å². The molecule has 0 aliphatic carbocycles. The van der Waals surface area contributed by atoms with E-state index in [2.05, 4.69) is 5.32 Å². The lowest BCUT2D eigenvalue weighted by Gasteiger charge is -2.42. The van der Waals surface area contributed by atoms with E-state index in [0.29, 0.717) is 5.75 Å². The maximum absolute atomic E-state index is 12.1. The Kier molecular flexibility index (Phi) is 4.11.